The first-order valence-corrected chi connectivity index (χ1v) is 13.0. The highest BCUT2D eigenvalue weighted by Crippen LogP contribution is 2.24. The summed E-state index contributed by atoms with van der Waals surface area (Å²) in [5.41, 5.74) is 3.36. The number of nitrogens with one attached hydrogen (secondary N) is 1. The van der Waals surface area contributed by atoms with Gasteiger partial charge in [-0.3, -0.25) is 9.59 Å². The van der Waals surface area contributed by atoms with Crippen molar-refractivity contribution in [1.82, 2.24) is 10.2 Å². The maximum atomic E-state index is 13.5. The second kappa shape index (κ2) is 11.9. The summed E-state index contributed by atoms with van der Waals surface area (Å²) in [6, 6.07) is 15.8. The van der Waals surface area contributed by atoms with Crippen LogP contribution in [-0.4, -0.2) is 28.8 Å². The third-order valence-corrected chi connectivity index (χ3v) is 7.20. The number of aryl methyl sites for hydroxylation is 1. The Kier molecular flexibility index (Phi) is 9.18. The zero-order valence-corrected chi connectivity index (χ0v) is 21.8. The molecule has 0 aromatic heterocycles. The van der Waals surface area contributed by atoms with Crippen LogP contribution in [0.25, 0.3) is 0 Å². The van der Waals surface area contributed by atoms with Gasteiger partial charge in [-0.1, -0.05) is 94.6 Å². The molecule has 34 heavy (non-hydrogen) atoms. The van der Waals surface area contributed by atoms with E-state index in [1.165, 1.54) is 5.56 Å². The predicted octanol–water partition coefficient (Wildman–Crippen LogP) is 6.44. The summed E-state index contributed by atoms with van der Waals surface area (Å²) in [5.74, 6) is -0.0717. The number of carbonyl (C=O) groups excluding carboxylic acids is 2. The Hall–Kier alpha value is -2.33. The second-order valence-corrected chi connectivity index (χ2v) is 10.9. The van der Waals surface area contributed by atoms with Gasteiger partial charge in [0.1, 0.15) is 6.04 Å². The van der Waals surface area contributed by atoms with Crippen LogP contribution < -0.4 is 5.32 Å². The third kappa shape index (κ3) is 7.09. The normalized spacial score (nSPS) is 15.2. The maximum Gasteiger partial charge on any atom is 0.243 e. The van der Waals surface area contributed by atoms with Crippen molar-refractivity contribution in [2.24, 2.45) is 0 Å². The molecule has 5 heteroatoms. The van der Waals surface area contributed by atoms with Crippen LogP contribution in [0.1, 0.15) is 82.9 Å². The third-order valence-electron chi connectivity index (χ3n) is 6.83. The molecule has 0 spiro atoms. The van der Waals surface area contributed by atoms with Crippen molar-refractivity contribution < 1.29 is 9.59 Å². The molecular formula is C29H39ClN2O2. The average Bonchev–Trinajstić information content (AvgIpc) is 3.31. The van der Waals surface area contributed by atoms with Crippen molar-refractivity contribution in [2.75, 3.05) is 0 Å². The number of hydrogen-bond acceptors (Lipinski definition) is 2. The molecular weight excluding hydrogens is 444 g/mol. The number of nitrogens with zero attached hydrogens (tertiary/aromatic N) is 1. The van der Waals surface area contributed by atoms with Gasteiger partial charge in [-0.05, 0) is 53.9 Å². The largest absolute Gasteiger partial charge is 0.352 e. The van der Waals surface area contributed by atoms with E-state index in [0.29, 0.717) is 30.8 Å². The zero-order valence-electron chi connectivity index (χ0n) is 21.1. The molecule has 4 nitrogen and oxygen atoms in total. The summed E-state index contributed by atoms with van der Waals surface area (Å²) in [4.78, 5) is 28.5. The first kappa shape index (κ1) is 26.3. The molecule has 0 saturated heterocycles. The van der Waals surface area contributed by atoms with Gasteiger partial charge in [-0.15, -0.1) is 0 Å². The van der Waals surface area contributed by atoms with Gasteiger partial charge in [0.15, 0.2) is 0 Å². The Morgan fingerprint density at radius 1 is 1.06 bits per heavy atom. The van der Waals surface area contributed by atoms with E-state index >= 15 is 0 Å². The molecule has 0 bridgehead atoms. The number of halogens is 1. The number of benzene rings is 2. The van der Waals surface area contributed by atoms with Gasteiger partial charge >= 0.3 is 0 Å². The quantitative estimate of drug-likeness (QED) is 0.447. The molecule has 0 unspecified atom stereocenters. The Morgan fingerprint density at radius 2 is 1.71 bits per heavy atom. The fraction of sp³-hybridized carbons (Fsp3) is 0.517. The van der Waals surface area contributed by atoms with E-state index in [1.54, 1.807) is 4.90 Å². The Labute approximate surface area is 210 Å². The molecule has 2 aromatic rings. The molecule has 2 amide bonds. The van der Waals surface area contributed by atoms with Crippen LogP contribution in [0.5, 0.6) is 0 Å². The number of hydrogen-bond donors (Lipinski definition) is 1. The minimum Gasteiger partial charge on any atom is -0.352 e. The van der Waals surface area contributed by atoms with Gasteiger partial charge in [0, 0.05) is 24.0 Å². The molecule has 0 aliphatic heterocycles. The van der Waals surface area contributed by atoms with Crippen LogP contribution in [0.15, 0.2) is 48.5 Å². The van der Waals surface area contributed by atoms with E-state index in [-0.39, 0.29) is 23.3 Å². The Morgan fingerprint density at radius 3 is 2.29 bits per heavy atom. The van der Waals surface area contributed by atoms with Crippen molar-refractivity contribution in [3.8, 4) is 0 Å². The lowest BCUT2D eigenvalue weighted by Gasteiger charge is -2.32. The van der Waals surface area contributed by atoms with Crippen LogP contribution in [0.3, 0.4) is 0 Å². The summed E-state index contributed by atoms with van der Waals surface area (Å²) in [7, 11) is 0. The van der Waals surface area contributed by atoms with E-state index < -0.39 is 6.04 Å². The van der Waals surface area contributed by atoms with Gasteiger partial charge in [0.05, 0.1) is 0 Å². The summed E-state index contributed by atoms with van der Waals surface area (Å²) in [5, 5.41) is 3.81. The van der Waals surface area contributed by atoms with Crippen molar-refractivity contribution in [3.05, 3.63) is 70.2 Å². The van der Waals surface area contributed by atoms with Crippen molar-refractivity contribution in [2.45, 2.75) is 96.7 Å². The lowest BCUT2D eigenvalue weighted by molar-refractivity contribution is -0.141. The lowest BCUT2D eigenvalue weighted by Crippen LogP contribution is -2.51. The van der Waals surface area contributed by atoms with Crippen molar-refractivity contribution in [1.29, 1.82) is 0 Å². The minimum absolute atomic E-state index is 0.0201. The van der Waals surface area contributed by atoms with Gasteiger partial charge in [-0.2, -0.15) is 0 Å². The highest BCUT2D eigenvalue weighted by Gasteiger charge is 2.30. The highest BCUT2D eigenvalue weighted by molar-refractivity contribution is 6.31. The summed E-state index contributed by atoms with van der Waals surface area (Å²) in [6.07, 6.45) is 5.90. The molecule has 0 heterocycles. The predicted molar refractivity (Wildman–Crippen MR) is 140 cm³/mol. The number of carbonyl (C=O) groups is 2. The molecule has 0 radical (unpaired) electrons. The van der Waals surface area contributed by atoms with E-state index in [2.05, 4.69) is 50.4 Å². The standard InChI is InChI=1S/C29H39ClN2O2/c1-5-26(28(34)31-24-11-7-8-12-24)32(20-22-10-6-9-13-25(22)30)27(33)19-16-21-14-17-23(18-15-21)29(2,3)4/h6,9-10,13-15,17-18,24,26H,5,7-8,11-12,16,19-20H2,1-4H3,(H,31,34)/t26-/m1/s1. The van der Waals surface area contributed by atoms with E-state index in [0.717, 1.165) is 36.8 Å². The summed E-state index contributed by atoms with van der Waals surface area (Å²) >= 11 is 6.42. The van der Waals surface area contributed by atoms with Gasteiger partial charge in [-0.25, -0.2) is 0 Å². The topological polar surface area (TPSA) is 49.4 Å². The fourth-order valence-corrected chi connectivity index (χ4v) is 4.86. The average molecular weight is 483 g/mol. The lowest BCUT2D eigenvalue weighted by atomic mass is 9.86. The first-order chi connectivity index (χ1) is 16.2. The molecule has 1 aliphatic carbocycles. The van der Waals surface area contributed by atoms with Gasteiger partial charge in [0.2, 0.25) is 11.8 Å². The van der Waals surface area contributed by atoms with Crippen LogP contribution in [0.2, 0.25) is 5.02 Å². The second-order valence-electron chi connectivity index (χ2n) is 10.5. The summed E-state index contributed by atoms with van der Waals surface area (Å²) < 4.78 is 0. The summed E-state index contributed by atoms with van der Waals surface area (Å²) in [6.45, 7) is 8.88. The Bertz CT molecular complexity index is 959. The molecule has 1 atom stereocenters. The van der Waals surface area contributed by atoms with E-state index in [1.807, 2.05) is 31.2 Å². The maximum absolute atomic E-state index is 13.5. The highest BCUT2D eigenvalue weighted by atomic mass is 35.5. The number of rotatable bonds is 9. The molecule has 1 aliphatic rings. The molecule has 184 valence electrons. The SMILES string of the molecule is CC[C@H](C(=O)NC1CCCC1)N(Cc1ccccc1Cl)C(=O)CCc1ccc(C(C)(C)C)cc1. The fourth-order valence-electron chi connectivity index (χ4n) is 4.66. The molecule has 3 rings (SSSR count). The van der Waals surface area contributed by atoms with E-state index in [9.17, 15) is 9.59 Å². The monoisotopic (exact) mass is 482 g/mol. The zero-order chi connectivity index (χ0) is 24.7. The molecule has 2 aromatic carbocycles. The van der Waals surface area contributed by atoms with Crippen molar-refractivity contribution >= 4 is 23.4 Å². The minimum atomic E-state index is -0.507. The van der Waals surface area contributed by atoms with Gasteiger partial charge in [0.25, 0.3) is 0 Å². The smallest absolute Gasteiger partial charge is 0.243 e. The first-order valence-electron chi connectivity index (χ1n) is 12.6. The number of amides is 2. The van der Waals surface area contributed by atoms with E-state index in [4.69, 9.17) is 11.6 Å². The molecule has 1 fully saturated rings. The van der Waals surface area contributed by atoms with Crippen molar-refractivity contribution in [3.63, 3.8) is 0 Å². The Balaban J connectivity index is 1.75. The van der Waals surface area contributed by atoms with Crippen LogP contribution in [0, 0.1) is 0 Å². The van der Waals surface area contributed by atoms with Gasteiger partial charge < -0.3 is 10.2 Å². The molecule has 1 saturated carbocycles. The van der Waals surface area contributed by atoms with Crippen LogP contribution in [-0.2, 0) is 28.0 Å². The van der Waals surface area contributed by atoms with Crippen LogP contribution >= 0.6 is 11.6 Å². The molecule has 1 N–H and O–H groups in total. The van der Waals surface area contributed by atoms with Crippen LogP contribution in [0.4, 0.5) is 0 Å².